The average Bonchev–Trinajstić information content (AvgIpc) is 2.92. The van der Waals surface area contributed by atoms with Crippen molar-refractivity contribution < 1.29 is 4.92 Å². The second-order valence-corrected chi connectivity index (χ2v) is 7.40. The van der Waals surface area contributed by atoms with Gasteiger partial charge in [0.15, 0.2) is 5.82 Å². The Hall–Kier alpha value is -3.09. The first-order valence-electron chi connectivity index (χ1n) is 8.33. The second kappa shape index (κ2) is 6.33. The SMILES string of the molecule is Cc1ccc2nc(C(C)(C)C)c(N=Nc3cc([N+](=O)[O-])ccc3C)n2c1. The predicted octanol–water partition coefficient (Wildman–Crippen LogP) is 5.57. The molecule has 7 heteroatoms. The van der Waals surface area contributed by atoms with Crippen LogP contribution in [0.1, 0.15) is 37.6 Å². The molecule has 1 aromatic carbocycles. The Morgan fingerprint density at radius 1 is 1.12 bits per heavy atom. The molecule has 0 N–H and O–H groups in total. The van der Waals surface area contributed by atoms with Crippen LogP contribution >= 0.6 is 0 Å². The number of azo groups is 1. The number of hydrogen-bond donors (Lipinski definition) is 0. The van der Waals surface area contributed by atoms with E-state index < -0.39 is 4.92 Å². The summed E-state index contributed by atoms with van der Waals surface area (Å²) in [6.45, 7) is 10.1. The first kappa shape index (κ1) is 17.7. The summed E-state index contributed by atoms with van der Waals surface area (Å²) < 4.78 is 1.91. The maximum absolute atomic E-state index is 11.0. The molecular weight excluding hydrogens is 330 g/mol. The largest absolute Gasteiger partial charge is 0.283 e. The van der Waals surface area contributed by atoms with Gasteiger partial charge in [0, 0.05) is 23.7 Å². The molecule has 0 aliphatic rings. The summed E-state index contributed by atoms with van der Waals surface area (Å²) >= 11 is 0. The van der Waals surface area contributed by atoms with Gasteiger partial charge in [-0.3, -0.25) is 14.5 Å². The van der Waals surface area contributed by atoms with Gasteiger partial charge in [-0.2, -0.15) is 0 Å². The van der Waals surface area contributed by atoms with Gasteiger partial charge in [-0.25, -0.2) is 4.98 Å². The fourth-order valence-corrected chi connectivity index (χ4v) is 2.66. The highest BCUT2D eigenvalue weighted by Crippen LogP contribution is 2.34. The summed E-state index contributed by atoms with van der Waals surface area (Å²) in [5.41, 5.74) is 3.78. The van der Waals surface area contributed by atoms with Crippen molar-refractivity contribution in [2.24, 2.45) is 10.2 Å². The molecule has 2 heterocycles. The molecule has 134 valence electrons. The predicted molar refractivity (Wildman–Crippen MR) is 101 cm³/mol. The number of nitrogens with zero attached hydrogens (tertiary/aromatic N) is 5. The second-order valence-electron chi connectivity index (χ2n) is 7.40. The number of hydrogen-bond acceptors (Lipinski definition) is 5. The van der Waals surface area contributed by atoms with Crippen LogP contribution in [-0.2, 0) is 5.41 Å². The molecule has 0 saturated carbocycles. The zero-order valence-corrected chi connectivity index (χ0v) is 15.5. The van der Waals surface area contributed by atoms with Gasteiger partial charge in [0.05, 0.1) is 16.3 Å². The highest BCUT2D eigenvalue weighted by atomic mass is 16.6. The van der Waals surface area contributed by atoms with Crippen molar-refractivity contribution in [1.82, 2.24) is 9.38 Å². The van der Waals surface area contributed by atoms with Crippen LogP contribution in [0.5, 0.6) is 0 Å². The van der Waals surface area contributed by atoms with E-state index in [1.54, 1.807) is 6.07 Å². The number of imidazole rings is 1. The highest BCUT2D eigenvalue weighted by molar-refractivity contribution is 5.56. The lowest BCUT2D eigenvalue weighted by Gasteiger charge is -2.15. The lowest BCUT2D eigenvalue weighted by atomic mass is 9.92. The van der Waals surface area contributed by atoms with Crippen LogP contribution in [0.4, 0.5) is 17.2 Å². The third-order valence-corrected chi connectivity index (χ3v) is 4.11. The smallest absolute Gasteiger partial charge is 0.271 e. The van der Waals surface area contributed by atoms with Gasteiger partial charge in [-0.1, -0.05) is 32.9 Å². The number of nitro groups is 1. The van der Waals surface area contributed by atoms with Crippen molar-refractivity contribution >= 4 is 22.8 Å². The molecule has 26 heavy (non-hydrogen) atoms. The Kier molecular flexibility index (Phi) is 4.31. The maximum Gasteiger partial charge on any atom is 0.271 e. The zero-order valence-electron chi connectivity index (χ0n) is 15.5. The van der Waals surface area contributed by atoms with E-state index >= 15 is 0 Å². The third-order valence-electron chi connectivity index (χ3n) is 4.11. The van der Waals surface area contributed by atoms with Crippen molar-refractivity contribution in [3.63, 3.8) is 0 Å². The van der Waals surface area contributed by atoms with Crippen LogP contribution in [0.2, 0.25) is 0 Å². The van der Waals surface area contributed by atoms with E-state index in [0.29, 0.717) is 11.5 Å². The van der Waals surface area contributed by atoms with Gasteiger partial charge >= 0.3 is 0 Å². The van der Waals surface area contributed by atoms with Gasteiger partial charge in [-0.15, -0.1) is 10.2 Å². The summed E-state index contributed by atoms with van der Waals surface area (Å²) in [4.78, 5) is 15.3. The number of fused-ring (bicyclic) bond motifs is 1. The van der Waals surface area contributed by atoms with Crippen molar-refractivity contribution in [2.75, 3.05) is 0 Å². The zero-order chi connectivity index (χ0) is 19.1. The van der Waals surface area contributed by atoms with Crippen molar-refractivity contribution in [3.05, 3.63) is 63.5 Å². The number of pyridine rings is 1. The van der Waals surface area contributed by atoms with E-state index in [4.69, 9.17) is 4.98 Å². The maximum atomic E-state index is 11.0. The van der Waals surface area contributed by atoms with Crippen molar-refractivity contribution in [1.29, 1.82) is 0 Å². The van der Waals surface area contributed by atoms with Gasteiger partial charge in [-0.05, 0) is 31.0 Å². The van der Waals surface area contributed by atoms with Gasteiger partial charge in [0.1, 0.15) is 5.65 Å². The first-order chi connectivity index (χ1) is 12.2. The minimum Gasteiger partial charge on any atom is -0.283 e. The molecule has 7 nitrogen and oxygen atoms in total. The number of aryl methyl sites for hydroxylation is 2. The molecule has 0 radical (unpaired) electrons. The van der Waals surface area contributed by atoms with Gasteiger partial charge in [0.25, 0.3) is 5.69 Å². The van der Waals surface area contributed by atoms with Crippen LogP contribution in [-0.4, -0.2) is 14.3 Å². The molecule has 0 unspecified atom stereocenters. The minimum absolute atomic E-state index is 0.00502. The summed E-state index contributed by atoms with van der Waals surface area (Å²) in [5, 5.41) is 19.8. The Morgan fingerprint density at radius 3 is 2.50 bits per heavy atom. The molecule has 0 bridgehead atoms. The van der Waals surface area contributed by atoms with Crippen LogP contribution in [0.15, 0.2) is 46.8 Å². The number of nitro benzene ring substituents is 1. The monoisotopic (exact) mass is 351 g/mol. The van der Waals surface area contributed by atoms with E-state index in [-0.39, 0.29) is 11.1 Å². The minimum atomic E-state index is -0.434. The molecular formula is C19H21N5O2. The molecule has 0 aliphatic heterocycles. The molecule has 0 amide bonds. The normalized spacial score (nSPS) is 12.2. The van der Waals surface area contributed by atoms with Crippen LogP contribution in [0.25, 0.3) is 5.65 Å². The molecule has 3 rings (SSSR count). The molecule has 0 atom stereocenters. The Labute approximate surface area is 151 Å². The fourth-order valence-electron chi connectivity index (χ4n) is 2.66. The van der Waals surface area contributed by atoms with Gasteiger partial charge in [0.2, 0.25) is 0 Å². The van der Waals surface area contributed by atoms with E-state index in [2.05, 4.69) is 31.0 Å². The van der Waals surface area contributed by atoms with E-state index in [1.165, 1.54) is 12.1 Å². The molecule has 0 saturated heterocycles. The lowest BCUT2D eigenvalue weighted by molar-refractivity contribution is -0.384. The quantitative estimate of drug-likeness (QED) is 0.351. The van der Waals surface area contributed by atoms with Crippen LogP contribution in [0.3, 0.4) is 0 Å². The summed E-state index contributed by atoms with van der Waals surface area (Å²) in [7, 11) is 0. The molecule has 0 aliphatic carbocycles. The van der Waals surface area contributed by atoms with Crippen molar-refractivity contribution in [3.8, 4) is 0 Å². The molecule has 0 spiro atoms. The van der Waals surface area contributed by atoms with Crippen LogP contribution in [0, 0.1) is 24.0 Å². The summed E-state index contributed by atoms with van der Waals surface area (Å²) in [5.74, 6) is 0.641. The standard InChI is InChI=1S/C19H21N5O2/c1-12-6-9-16-20-17(19(3,4)5)18(23(16)11-12)22-21-15-10-14(24(25)26)8-7-13(15)2/h6-11H,1-5H3. The molecule has 3 aromatic rings. The topological polar surface area (TPSA) is 85.2 Å². The Balaban J connectivity index is 2.16. The summed E-state index contributed by atoms with van der Waals surface area (Å²) in [6.07, 6.45) is 1.96. The fraction of sp³-hybridized carbons (Fsp3) is 0.316. The Bertz CT molecular complexity index is 1030. The third kappa shape index (κ3) is 3.33. The number of benzene rings is 1. The number of aromatic nitrogens is 2. The number of non-ortho nitro benzene ring substituents is 1. The Morgan fingerprint density at radius 2 is 1.85 bits per heavy atom. The van der Waals surface area contributed by atoms with Crippen molar-refractivity contribution in [2.45, 2.75) is 40.0 Å². The summed E-state index contributed by atoms with van der Waals surface area (Å²) in [6, 6.07) is 8.52. The van der Waals surface area contributed by atoms with E-state index in [9.17, 15) is 10.1 Å². The molecule has 2 aromatic heterocycles. The van der Waals surface area contributed by atoms with E-state index in [1.807, 2.05) is 36.6 Å². The highest BCUT2D eigenvalue weighted by Gasteiger charge is 2.24. The molecule has 0 fully saturated rings. The number of rotatable bonds is 3. The lowest BCUT2D eigenvalue weighted by Crippen LogP contribution is -2.11. The first-order valence-corrected chi connectivity index (χ1v) is 8.33. The van der Waals surface area contributed by atoms with Gasteiger partial charge < -0.3 is 0 Å². The van der Waals surface area contributed by atoms with E-state index in [0.717, 1.165) is 22.5 Å². The average molecular weight is 351 g/mol. The van der Waals surface area contributed by atoms with Crippen LogP contribution < -0.4 is 0 Å².